The van der Waals surface area contributed by atoms with Crippen molar-refractivity contribution in [1.82, 2.24) is 31.0 Å². The van der Waals surface area contributed by atoms with E-state index in [1.54, 1.807) is 18.3 Å². The highest BCUT2D eigenvalue weighted by Crippen LogP contribution is 2.46. The number of amides is 4. The highest BCUT2D eigenvalue weighted by atomic mass is 16.6. The number of nitrogens with one attached hydrogen (secondary N) is 4. The lowest BCUT2D eigenvalue weighted by Gasteiger charge is -2.18. The molecule has 1 aromatic carbocycles. The third-order valence-corrected chi connectivity index (χ3v) is 7.38. The minimum Gasteiger partial charge on any atom is -0.454 e. The number of hydrogen-bond donors (Lipinski definition) is 4. The predicted octanol–water partition coefficient (Wildman–Crippen LogP) is -2.38. The summed E-state index contributed by atoms with van der Waals surface area (Å²) in [6.07, 6.45) is 2.83. The van der Waals surface area contributed by atoms with E-state index in [-0.39, 0.29) is 6.42 Å². The van der Waals surface area contributed by atoms with Gasteiger partial charge in [0.1, 0.15) is 25.7 Å². The predicted molar refractivity (Wildman–Crippen MR) is 163 cm³/mol. The minimum absolute atomic E-state index is 0.0593. The molecule has 0 bridgehead atoms. The first-order valence-corrected chi connectivity index (χ1v) is 15.3. The number of hydrogen-bond acceptors (Lipinski definition) is 13. The molecule has 1 saturated carbocycles. The van der Waals surface area contributed by atoms with Crippen molar-refractivity contribution in [3.63, 3.8) is 0 Å². The molecule has 2 heterocycles. The Hall–Kier alpha value is -5.81. The zero-order chi connectivity index (χ0) is 35.3. The van der Waals surface area contributed by atoms with E-state index in [4.69, 9.17) is 14.2 Å². The third-order valence-electron chi connectivity index (χ3n) is 7.38. The number of carbonyl (C=O) groups is 8. The molecule has 18 heteroatoms. The smallest absolute Gasteiger partial charge is 0.329 e. The number of benzene rings is 1. The van der Waals surface area contributed by atoms with Gasteiger partial charge in [0.2, 0.25) is 0 Å². The van der Waals surface area contributed by atoms with E-state index < -0.39 is 99.6 Å². The van der Waals surface area contributed by atoms with Crippen LogP contribution in [0, 0.1) is 5.92 Å². The summed E-state index contributed by atoms with van der Waals surface area (Å²) >= 11 is 0. The number of aromatic nitrogens is 2. The van der Waals surface area contributed by atoms with Crippen molar-refractivity contribution in [2.24, 2.45) is 5.92 Å². The Bertz CT molecular complexity index is 1570. The van der Waals surface area contributed by atoms with Gasteiger partial charge in [-0.3, -0.25) is 38.2 Å². The lowest BCUT2D eigenvalue weighted by atomic mass is 10.0. The van der Waals surface area contributed by atoms with Crippen molar-refractivity contribution in [2.45, 2.75) is 38.3 Å². The summed E-state index contributed by atoms with van der Waals surface area (Å²) in [6, 6.07) is 7.95. The van der Waals surface area contributed by atoms with Gasteiger partial charge >= 0.3 is 23.9 Å². The van der Waals surface area contributed by atoms with Crippen molar-refractivity contribution in [2.75, 3.05) is 46.1 Å². The number of nitrogens with zero attached hydrogens (tertiary/aromatic N) is 2. The van der Waals surface area contributed by atoms with E-state index >= 15 is 0 Å². The van der Waals surface area contributed by atoms with Crippen LogP contribution in [-0.4, -0.2) is 109 Å². The number of cyclic esters (lactones) is 4. The van der Waals surface area contributed by atoms with Gasteiger partial charge in [0.05, 0.1) is 6.54 Å². The molecule has 2 aromatic rings. The quantitative estimate of drug-likeness (QED) is 0.190. The molecule has 0 radical (unpaired) electrons. The van der Waals surface area contributed by atoms with E-state index in [1.165, 1.54) is 5.69 Å². The second-order valence-corrected chi connectivity index (χ2v) is 11.3. The molecule has 1 saturated heterocycles. The Balaban J connectivity index is 1.38. The average Bonchev–Trinajstić information content (AvgIpc) is 3.63. The van der Waals surface area contributed by atoms with Crippen LogP contribution in [-0.2, 0) is 70.3 Å². The Morgan fingerprint density at radius 3 is 1.65 bits per heavy atom. The summed E-state index contributed by atoms with van der Waals surface area (Å²) in [7, 11) is 0. The van der Waals surface area contributed by atoms with Gasteiger partial charge in [-0.1, -0.05) is 31.2 Å². The van der Waals surface area contributed by atoms with E-state index in [0.29, 0.717) is 23.9 Å². The average molecular weight is 685 g/mol. The van der Waals surface area contributed by atoms with Crippen molar-refractivity contribution < 1.29 is 57.3 Å². The normalized spacial score (nSPS) is 22.5. The first-order valence-electron chi connectivity index (χ1n) is 15.3. The van der Waals surface area contributed by atoms with Gasteiger partial charge in [0, 0.05) is 24.2 Å². The lowest BCUT2D eigenvalue weighted by Crippen LogP contribution is -2.46. The molecular formula is C31H36N6O12. The number of esters is 4. The fraction of sp³-hybridized carbons (Fsp3) is 0.452. The molecule has 2 fully saturated rings. The van der Waals surface area contributed by atoms with Crippen LogP contribution >= 0.6 is 0 Å². The lowest BCUT2D eigenvalue weighted by molar-refractivity contribution is -0.154. The standard InChI is InChI=1S/C31H36N6O12/c1-18-8-21(18)23-6-7-35-37(23)13-20-4-2-19(3-5-20)9-22-31(45)49-16-26(40)34-11-29(43)47-14-24(38)32-10-28(42)46-15-25(39)33-12-30(44)48-17-27(41)36-22/h2-7,18,21-22H,8-17H2,1H3,(H,32,38)(H,33,39)(H,34,40)(H,36,41). The van der Waals surface area contributed by atoms with Crippen LogP contribution in [0.1, 0.15) is 36.1 Å². The topological polar surface area (TPSA) is 239 Å². The van der Waals surface area contributed by atoms with Crippen LogP contribution in [0.5, 0.6) is 0 Å². The van der Waals surface area contributed by atoms with E-state index in [9.17, 15) is 38.4 Å². The van der Waals surface area contributed by atoms with Crippen molar-refractivity contribution in [3.05, 3.63) is 53.3 Å². The van der Waals surface area contributed by atoms with E-state index in [2.05, 4.69) is 38.0 Å². The van der Waals surface area contributed by atoms with Gasteiger partial charge in [0.15, 0.2) is 26.4 Å². The molecule has 49 heavy (non-hydrogen) atoms. The van der Waals surface area contributed by atoms with Gasteiger partial charge in [-0.15, -0.1) is 0 Å². The maximum absolute atomic E-state index is 13.0. The maximum atomic E-state index is 13.0. The highest BCUT2D eigenvalue weighted by Gasteiger charge is 2.36. The van der Waals surface area contributed by atoms with Crippen molar-refractivity contribution in [3.8, 4) is 0 Å². The van der Waals surface area contributed by atoms with Crippen LogP contribution in [0.25, 0.3) is 0 Å². The second kappa shape index (κ2) is 17.4. The molecular weight excluding hydrogens is 648 g/mol. The molecule has 4 N–H and O–H groups in total. The zero-order valence-corrected chi connectivity index (χ0v) is 26.6. The van der Waals surface area contributed by atoms with Crippen LogP contribution in [0.4, 0.5) is 0 Å². The molecule has 1 aliphatic carbocycles. The van der Waals surface area contributed by atoms with Crippen LogP contribution in [0.3, 0.4) is 0 Å². The van der Waals surface area contributed by atoms with Crippen molar-refractivity contribution >= 4 is 47.5 Å². The highest BCUT2D eigenvalue weighted by molar-refractivity contribution is 5.90. The van der Waals surface area contributed by atoms with Gasteiger partial charge < -0.3 is 40.2 Å². The molecule has 1 aromatic heterocycles. The summed E-state index contributed by atoms with van der Waals surface area (Å²) in [5.74, 6) is -6.39. The van der Waals surface area contributed by atoms with Gasteiger partial charge in [-0.25, -0.2) is 4.79 Å². The summed E-state index contributed by atoms with van der Waals surface area (Å²) < 4.78 is 21.2. The fourth-order valence-electron chi connectivity index (χ4n) is 4.64. The van der Waals surface area contributed by atoms with Crippen LogP contribution in [0.2, 0.25) is 0 Å². The molecule has 3 atom stereocenters. The van der Waals surface area contributed by atoms with E-state index in [1.807, 2.05) is 22.9 Å². The first kappa shape index (κ1) is 36.0. The Kier molecular flexibility index (Phi) is 12.8. The summed E-state index contributed by atoms with van der Waals surface area (Å²) in [4.78, 5) is 97.2. The molecule has 0 spiro atoms. The number of carbonyl (C=O) groups excluding carboxylic acids is 8. The van der Waals surface area contributed by atoms with Crippen LogP contribution in [0.15, 0.2) is 36.5 Å². The molecule has 1 aliphatic heterocycles. The Labute approximate surface area is 279 Å². The first-order chi connectivity index (χ1) is 23.5. The fourth-order valence-corrected chi connectivity index (χ4v) is 4.64. The molecule has 4 rings (SSSR count). The van der Waals surface area contributed by atoms with Crippen LogP contribution < -0.4 is 21.3 Å². The Morgan fingerprint density at radius 1 is 0.673 bits per heavy atom. The zero-order valence-electron chi connectivity index (χ0n) is 26.6. The Morgan fingerprint density at radius 2 is 1.14 bits per heavy atom. The van der Waals surface area contributed by atoms with Gasteiger partial charge in [0.25, 0.3) is 23.6 Å². The maximum Gasteiger partial charge on any atom is 0.329 e. The molecule has 2 aliphatic rings. The largest absolute Gasteiger partial charge is 0.454 e. The third kappa shape index (κ3) is 12.1. The number of ether oxygens (including phenoxy) is 4. The summed E-state index contributed by atoms with van der Waals surface area (Å²) in [6.45, 7) is -2.46. The van der Waals surface area contributed by atoms with Gasteiger partial charge in [-0.05, 0) is 29.5 Å². The summed E-state index contributed by atoms with van der Waals surface area (Å²) in [5.41, 5.74) is 2.76. The van der Waals surface area contributed by atoms with E-state index in [0.717, 1.165) is 12.0 Å². The molecule has 4 amide bonds. The SMILES string of the molecule is CC1CC1c1ccnn1Cc1ccc(CC2NC(=O)COC(=O)CNC(=O)COC(=O)CNC(=O)COC(=O)CNC(=O)COC2=O)cc1. The number of rotatable bonds is 5. The molecule has 262 valence electrons. The molecule has 3 unspecified atom stereocenters. The minimum atomic E-state index is -1.32. The molecule has 18 nitrogen and oxygen atoms in total. The monoisotopic (exact) mass is 684 g/mol. The van der Waals surface area contributed by atoms with Gasteiger partial charge in [-0.2, -0.15) is 5.10 Å². The van der Waals surface area contributed by atoms with Crippen molar-refractivity contribution in [1.29, 1.82) is 0 Å². The second-order valence-electron chi connectivity index (χ2n) is 11.3. The summed E-state index contributed by atoms with van der Waals surface area (Å²) in [5, 5.41) is 13.2.